The van der Waals surface area contributed by atoms with Crippen LogP contribution in [0.15, 0.2) is 18.5 Å². The molecule has 0 saturated carbocycles. The summed E-state index contributed by atoms with van der Waals surface area (Å²) < 4.78 is 0. The second-order valence-corrected chi connectivity index (χ2v) is 6.80. The van der Waals surface area contributed by atoms with Crippen LogP contribution >= 0.6 is 0 Å². The molecule has 2 fully saturated rings. The largest absolute Gasteiger partial charge is 0.343 e. The second-order valence-electron chi connectivity index (χ2n) is 6.80. The Bertz CT molecular complexity index is 589. The predicted molar refractivity (Wildman–Crippen MR) is 98.9 cm³/mol. The van der Waals surface area contributed by atoms with Crippen molar-refractivity contribution in [3.63, 3.8) is 0 Å². The zero-order valence-corrected chi connectivity index (χ0v) is 15.3. The first-order chi connectivity index (χ1) is 12.7. The molecule has 0 radical (unpaired) electrons. The molecule has 1 aromatic heterocycles. The van der Waals surface area contributed by atoms with Gasteiger partial charge in [-0.1, -0.05) is 6.42 Å². The van der Waals surface area contributed by atoms with Crippen LogP contribution in [-0.2, 0) is 4.79 Å². The first-order valence-corrected chi connectivity index (χ1v) is 9.56. The predicted octanol–water partition coefficient (Wildman–Crippen LogP) is 1.10. The third-order valence-corrected chi connectivity index (χ3v) is 4.95. The summed E-state index contributed by atoms with van der Waals surface area (Å²) >= 11 is 0. The van der Waals surface area contributed by atoms with Crippen LogP contribution in [0.5, 0.6) is 0 Å². The number of urea groups is 1. The minimum atomic E-state index is -0.0270. The van der Waals surface area contributed by atoms with Gasteiger partial charge in [-0.2, -0.15) is 0 Å². The fourth-order valence-corrected chi connectivity index (χ4v) is 3.42. The second kappa shape index (κ2) is 9.35. The Kier molecular flexibility index (Phi) is 6.62. The molecule has 0 aliphatic carbocycles. The lowest BCUT2D eigenvalue weighted by Gasteiger charge is -2.34. The third kappa shape index (κ3) is 5.06. The summed E-state index contributed by atoms with van der Waals surface area (Å²) in [6, 6.07) is 1.77. The molecule has 1 aromatic rings. The molecule has 8 heteroatoms. The summed E-state index contributed by atoms with van der Waals surface area (Å²) in [5, 5.41) is 2.98. The molecule has 0 spiro atoms. The lowest BCUT2D eigenvalue weighted by atomic mass is 10.2. The maximum Gasteiger partial charge on any atom is 0.317 e. The SMILES string of the molecule is O=C1CCCCCN1CCCNC(=O)N1CCN(c2ncccn2)CC1. The van der Waals surface area contributed by atoms with Gasteiger partial charge in [0.1, 0.15) is 0 Å². The topological polar surface area (TPSA) is 81.7 Å². The maximum atomic E-state index is 12.3. The number of piperazine rings is 1. The van der Waals surface area contributed by atoms with Crippen LogP contribution < -0.4 is 10.2 Å². The normalized spacial score (nSPS) is 18.6. The Balaban J connectivity index is 1.33. The van der Waals surface area contributed by atoms with E-state index in [0.717, 1.165) is 57.8 Å². The number of hydrogen-bond donors (Lipinski definition) is 1. The van der Waals surface area contributed by atoms with Gasteiger partial charge in [-0.05, 0) is 25.3 Å². The number of nitrogens with zero attached hydrogens (tertiary/aromatic N) is 5. The Morgan fingerprint density at radius 1 is 1.04 bits per heavy atom. The first-order valence-electron chi connectivity index (χ1n) is 9.56. The molecule has 8 nitrogen and oxygen atoms in total. The molecule has 2 aliphatic rings. The Labute approximate surface area is 154 Å². The van der Waals surface area contributed by atoms with Gasteiger partial charge in [0.2, 0.25) is 11.9 Å². The van der Waals surface area contributed by atoms with E-state index >= 15 is 0 Å². The molecule has 0 atom stereocenters. The maximum absolute atomic E-state index is 12.3. The van der Waals surface area contributed by atoms with Gasteiger partial charge in [0.25, 0.3) is 0 Å². The van der Waals surface area contributed by atoms with Crippen molar-refractivity contribution < 1.29 is 9.59 Å². The van der Waals surface area contributed by atoms with Crippen molar-refractivity contribution in [3.05, 3.63) is 18.5 Å². The lowest BCUT2D eigenvalue weighted by Crippen LogP contribution is -2.52. The van der Waals surface area contributed by atoms with Crippen LogP contribution in [0.1, 0.15) is 32.1 Å². The van der Waals surface area contributed by atoms with E-state index in [-0.39, 0.29) is 11.9 Å². The van der Waals surface area contributed by atoms with Crippen LogP contribution in [0.3, 0.4) is 0 Å². The van der Waals surface area contributed by atoms with E-state index < -0.39 is 0 Å². The minimum Gasteiger partial charge on any atom is -0.343 e. The van der Waals surface area contributed by atoms with E-state index in [0.29, 0.717) is 26.1 Å². The van der Waals surface area contributed by atoms with Gasteiger partial charge in [-0.3, -0.25) is 4.79 Å². The van der Waals surface area contributed by atoms with Crippen molar-refractivity contribution in [2.45, 2.75) is 32.1 Å². The van der Waals surface area contributed by atoms with E-state index in [1.165, 1.54) is 0 Å². The van der Waals surface area contributed by atoms with Gasteiger partial charge in [0.15, 0.2) is 0 Å². The highest BCUT2D eigenvalue weighted by Gasteiger charge is 2.22. The van der Waals surface area contributed by atoms with Crippen molar-refractivity contribution in [2.75, 3.05) is 50.7 Å². The van der Waals surface area contributed by atoms with Crippen LogP contribution in [0.25, 0.3) is 0 Å². The molecule has 2 saturated heterocycles. The van der Waals surface area contributed by atoms with Crippen LogP contribution in [0.2, 0.25) is 0 Å². The molecular formula is C18H28N6O2. The summed E-state index contributed by atoms with van der Waals surface area (Å²) in [6.07, 6.45) is 8.17. The number of hydrogen-bond acceptors (Lipinski definition) is 5. The van der Waals surface area contributed by atoms with Crippen LogP contribution in [0.4, 0.5) is 10.7 Å². The molecule has 3 rings (SSSR count). The fraction of sp³-hybridized carbons (Fsp3) is 0.667. The summed E-state index contributed by atoms with van der Waals surface area (Å²) in [7, 11) is 0. The zero-order valence-electron chi connectivity index (χ0n) is 15.3. The van der Waals surface area contributed by atoms with E-state index in [1.807, 2.05) is 9.80 Å². The molecule has 3 heterocycles. The summed E-state index contributed by atoms with van der Waals surface area (Å²) in [4.78, 5) is 38.6. The van der Waals surface area contributed by atoms with Crippen molar-refractivity contribution in [2.24, 2.45) is 0 Å². The zero-order chi connectivity index (χ0) is 18.2. The Hall–Kier alpha value is -2.38. The van der Waals surface area contributed by atoms with Crippen molar-refractivity contribution in [3.8, 4) is 0 Å². The van der Waals surface area contributed by atoms with Gasteiger partial charge in [-0.25, -0.2) is 14.8 Å². The molecule has 0 unspecified atom stereocenters. The molecule has 26 heavy (non-hydrogen) atoms. The van der Waals surface area contributed by atoms with E-state index in [1.54, 1.807) is 18.5 Å². The van der Waals surface area contributed by atoms with E-state index in [2.05, 4.69) is 20.2 Å². The first kappa shape index (κ1) is 18.4. The molecule has 142 valence electrons. The van der Waals surface area contributed by atoms with Gasteiger partial charge in [-0.15, -0.1) is 0 Å². The van der Waals surface area contributed by atoms with E-state index in [9.17, 15) is 9.59 Å². The number of likely N-dealkylation sites (tertiary alicyclic amines) is 1. The fourth-order valence-electron chi connectivity index (χ4n) is 3.42. The van der Waals surface area contributed by atoms with Crippen molar-refractivity contribution in [1.29, 1.82) is 0 Å². The molecule has 2 aliphatic heterocycles. The number of nitrogens with one attached hydrogen (secondary N) is 1. The minimum absolute atomic E-state index is 0.0270. The number of aromatic nitrogens is 2. The average molecular weight is 360 g/mol. The third-order valence-electron chi connectivity index (χ3n) is 4.95. The Morgan fingerprint density at radius 3 is 2.58 bits per heavy atom. The summed E-state index contributed by atoms with van der Waals surface area (Å²) in [5.74, 6) is 0.975. The number of carbonyl (C=O) groups excluding carboxylic acids is 2. The van der Waals surface area contributed by atoms with Crippen molar-refractivity contribution in [1.82, 2.24) is 25.1 Å². The highest BCUT2D eigenvalue weighted by molar-refractivity contribution is 5.76. The van der Waals surface area contributed by atoms with Gasteiger partial charge >= 0.3 is 6.03 Å². The monoisotopic (exact) mass is 360 g/mol. The van der Waals surface area contributed by atoms with Gasteiger partial charge in [0.05, 0.1) is 0 Å². The van der Waals surface area contributed by atoms with Crippen LogP contribution in [0, 0.1) is 0 Å². The number of anilines is 1. The van der Waals surface area contributed by atoms with E-state index in [4.69, 9.17) is 0 Å². The highest BCUT2D eigenvalue weighted by atomic mass is 16.2. The van der Waals surface area contributed by atoms with Gasteiger partial charge in [0, 0.05) is 64.6 Å². The smallest absolute Gasteiger partial charge is 0.317 e. The number of rotatable bonds is 5. The number of amides is 3. The van der Waals surface area contributed by atoms with Crippen molar-refractivity contribution >= 4 is 17.9 Å². The van der Waals surface area contributed by atoms with Crippen LogP contribution in [-0.4, -0.2) is 77.5 Å². The van der Waals surface area contributed by atoms with Gasteiger partial charge < -0.3 is 20.0 Å². The lowest BCUT2D eigenvalue weighted by molar-refractivity contribution is -0.130. The standard InChI is InChI=1S/C18H28N6O2/c25-16-6-2-1-3-10-22(16)11-5-9-21-18(26)24-14-12-23(13-15-24)17-19-7-4-8-20-17/h4,7-8H,1-3,5-6,9-15H2,(H,21,26). The number of carbonyl (C=O) groups is 2. The molecular weight excluding hydrogens is 332 g/mol. The summed E-state index contributed by atoms with van der Waals surface area (Å²) in [6.45, 7) is 4.99. The average Bonchev–Trinajstić information content (AvgIpc) is 2.90. The molecule has 0 aromatic carbocycles. The molecule has 1 N–H and O–H groups in total. The Morgan fingerprint density at radius 2 is 1.81 bits per heavy atom. The highest BCUT2D eigenvalue weighted by Crippen LogP contribution is 2.11. The molecule has 3 amide bonds. The summed E-state index contributed by atoms with van der Waals surface area (Å²) in [5.41, 5.74) is 0. The quantitative estimate of drug-likeness (QED) is 0.795. The molecule has 0 bridgehead atoms.